The maximum absolute atomic E-state index is 12.2. The molecule has 138 valence electrons. The quantitative estimate of drug-likeness (QED) is 0.687. The molecule has 0 spiro atoms. The molecule has 26 heavy (non-hydrogen) atoms. The van der Waals surface area contributed by atoms with E-state index in [0.717, 1.165) is 16.7 Å². The van der Waals surface area contributed by atoms with Crippen LogP contribution in [0.5, 0.6) is 5.75 Å². The summed E-state index contributed by atoms with van der Waals surface area (Å²) in [7, 11) is 1.52. The first-order chi connectivity index (χ1) is 12.3. The monoisotopic (exact) mass is 391 g/mol. The number of halogens is 1. The molecule has 0 bridgehead atoms. The average Bonchev–Trinajstić information content (AvgIpc) is 2.60. The number of anilines is 1. The van der Waals surface area contributed by atoms with Gasteiger partial charge in [-0.2, -0.15) is 0 Å². The minimum absolute atomic E-state index is 0.0193. The Bertz CT molecular complexity index is 836. The van der Waals surface area contributed by atoms with Crippen molar-refractivity contribution in [3.8, 4) is 5.75 Å². The topological polar surface area (TPSA) is 55.4 Å². The summed E-state index contributed by atoms with van der Waals surface area (Å²) in [5.41, 5.74) is 4.33. The van der Waals surface area contributed by atoms with Gasteiger partial charge in [0, 0.05) is 16.7 Å². The lowest BCUT2D eigenvalue weighted by molar-refractivity contribution is -0.113. The Labute approximate surface area is 163 Å². The minimum atomic E-state index is -0.192. The molecule has 0 aliphatic carbocycles. The molecule has 0 aliphatic rings. The third kappa shape index (κ3) is 5.26. The fourth-order valence-electron chi connectivity index (χ4n) is 2.35. The van der Waals surface area contributed by atoms with Gasteiger partial charge in [0.2, 0.25) is 5.91 Å². The molecule has 0 atom stereocenters. The van der Waals surface area contributed by atoms with E-state index in [1.54, 1.807) is 12.1 Å². The second-order valence-electron chi connectivity index (χ2n) is 6.06. The van der Waals surface area contributed by atoms with Crippen molar-refractivity contribution < 1.29 is 14.3 Å². The molecule has 2 rings (SSSR count). The Morgan fingerprint density at radius 1 is 1.04 bits per heavy atom. The number of hydrogen-bond acceptors (Lipinski definition) is 4. The molecule has 4 nitrogen and oxygen atoms in total. The highest BCUT2D eigenvalue weighted by atomic mass is 35.5. The van der Waals surface area contributed by atoms with Gasteiger partial charge in [-0.25, -0.2) is 0 Å². The van der Waals surface area contributed by atoms with Crippen LogP contribution in [-0.4, -0.2) is 30.3 Å². The number of nitrogens with one attached hydrogen (secondary N) is 1. The average molecular weight is 392 g/mol. The highest BCUT2D eigenvalue weighted by Gasteiger charge is 2.12. The summed E-state index contributed by atoms with van der Waals surface area (Å²) in [5, 5.41) is 3.38. The second-order valence-corrected chi connectivity index (χ2v) is 7.46. The minimum Gasteiger partial charge on any atom is -0.495 e. The summed E-state index contributed by atoms with van der Waals surface area (Å²) >= 11 is 7.35. The van der Waals surface area contributed by atoms with Crippen LogP contribution in [0.1, 0.15) is 27.0 Å². The molecule has 0 radical (unpaired) electrons. The lowest BCUT2D eigenvalue weighted by Gasteiger charge is -2.12. The molecule has 0 heterocycles. The number of methoxy groups -OCH3 is 1. The van der Waals surface area contributed by atoms with Crippen molar-refractivity contribution in [1.82, 2.24) is 0 Å². The highest BCUT2D eigenvalue weighted by Crippen LogP contribution is 2.31. The van der Waals surface area contributed by atoms with E-state index in [1.807, 2.05) is 39.0 Å². The van der Waals surface area contributed by atoms with Crippen LogP contribution in [0, 0.1) is 20.8 Å². The molecule has 0 aromatic heterocycles. The van der Waals surface area contributed by atoms with Crippen LogP contribution >= 0.6 is 23.4 Å². The van der Waals surface area contributed by atoms with Gasteiger partial charge in [0.05, 0.1) is 24.3 Å². The van der Waals surface area contributed by atoms with E-state index in [4.69, 9.17) is 16.3 Å². The molecule has 0 saturated heterocycles. The van der Waals surface area contributed by atoms with Gasteiger partial charge in [-0.05, 0) is 49.6 Å². The first-order valence-corrected chi connectivity index (χ1v) is 9.67. The maximum atomic E-state index is 12.2. The zero-order chi connectivity index (χ0) is 19.3. The fourth-order valence-corrected chi connectivity index (χ4v) is 3.22. The summed E-state index contributed by atoms with van der Waals surface area (Å²) in [6, 6.07) is 9.09. The SMILES string of the molecule is COc1cc(Cl)c(C)cc1NC(=O)CSCC(=O)c1ccc(C)c(C)c1. The van der Waals surface area contributed by atoms with Crippen LogP contribution in [0.3, 0.4) is 0 Å². The van der Waals surface area contributed by atoms with Crippen LogP contribution in [0.4, 0.5) is 5.69 Å². The zero-order valence-electron chi connectivity index (χ0n) is 15.3. The van der Waals surface area contributed by atoms with Gasteiger partial charge in [-0.3, -0.25) is 9.59 Å². The van der Waals surface area contributed by atoms with Crippen LogP contribution in [0.2, 0.25) is 5.02 Å². The molecule has 0 saturated carbocycles. The Kier molecular flexibility index (Phi) is 7.12. The third-order valence-corrected chi connectivity index (χ3v) is 5.39. The summed E-state index contributed by atoms with van der Waals surface area (Å²) in [6.07, 6.45) is 0. The van der Waals surface area contributed by atoms with E-state index >= 15 is 0 Å². The number of amides is 1. The number of carbonyl (C=O) groups is 2. The molecular formula is C20H22ClNO3S. The number of ether oxygens (including phenoxy) is 1. The van der Waals surface area contributed by atoms with Gasteiger partial charge in [0.25, 0.3) is 0 Å². The number of Topliss-reactive ketones (excluding diaryl/α,β-unsaturated/α-hetero) is 1. The van der Waals surface area contributed by atoms with Crippen molar-refractivity contribution in [2.24, 2.45) is 0 Å². The Morgan fingerprint density at radius 2 is 1.77 bits per heavy atom. The highest BCUT2D eigenvalue weighted by molar-refractivity contribution is 8.00. The van der Waals surface area contributed by atoms with Crippen molar-refractivity contribution in [2.45, 2.75) is 20.8 Å². The number of hydrogen-bond donors (Lipinski definition) is 1. The number of rotatable bonds is 7. The molecule has 2 aromatic rings. The Balaban J connectivity index is 1.90. The zero-order valence-corrected chi connectivity index (χ0v) is 16.9. The van der Waals surface area contributed by atoms with Crippen molar-refractivity contribution in [3.63, 3.8) is 0 Å². The number of thioether (sulfide) groups is 1. The molecule has 6 heteroatoms. The standard InChI is InChI=1S/C20H22ClNO3S/c1-12-5-6-15(7-13(12)2)18(23)10-26-11-20(24)22-17-8-14(3)16(21)9-19(17)25-4/h5-9H,10-11H2,1-4H3,(H,22,24). The summed E-state index contributed by atoms with van der Waals surface area (Å²) in [6.45, 7) is 5.85. The summed E-state index contributed by atoms with van der Waals surface area (Å²) in [4.78, 5) is 24.4. The predicted octanol–water partition coefficient (Wildman–Crippen LogP) is 4.83. The molecule has 0 unspecified atom stereocenters. The van der Waals surface area contributed by atoms with Crippen LogP contribution < -0.4 is 10.1 Å². The van der Waals surface area contributed by atoms with Gasteiger partial charge in [0.1, 0.15) is 5.75 Å². The van der Waals surface area contributed by atoms with Gasteiger partial charge in [0.15, 0.2) is 5.78 Å². The van der Waals surface area contributed by atoms with E-state index < -0.39 is 0 Å². The van der Waals surface area contributed by atoms with Gasteiger partial charge in [-0.15, -0.1) is 11.8 Å². The Morgan fingerprint density at radius 3 is 2.42 bits per heavy atom. The summed E-state index contributed by atoms with van der Waals surface area (Å²) in [5.74, 6) is 0.771. The van der Waals surface area contributed by atoms with E-state index in [2.05, 4.69) is 5.32 Å². The smallest absolute Gasteiger partial charge is 0.234 e. The maximum Gasteiger partial charge on any atom is 0.234 e. The van der Waals surface area contributed by atoms with Crippen LogP contribution in [0.25, 0.3) is 0 Å². The third-order valence-electron chi connectivity index (χ3n) is 4.05. The Hall–Kier alpha value is -1.98. The fraction of sp³-hybridized carbons (Fsp3) is 0.300. The number of carbonyl (C=O) groups excluding carboxylic acids is 2. The van der Waals surface area contributed by atoms with E-state index in [0.29, 0.717) is 22.0 Å². The van der Waals surface area contributed by atoms with Gasteiger partial charge >= 0.3 is 0 Å². The first-order valence-electron chi connectivity index (χ1n) is 8.14. The molecular weight excluding hydrogens is 370 g/mol. The van der Waals surface area contributed by atoms with Crippen LogP contribution in [-0.2, 0) is 4.79 Å². The molecule has 0 fully saturated rings. The van der Waals surface area contributed by atoms with E-state index in [-0.39, 0.29) is 23.2 Å². The van der Waals surface area contributed by atoms with Crippen molar-refractivity contribution in [1.29, 1.82) is 0 Å². The van der Waals surface area contributed by atoms with Crippen molar-refractivity contribution in [3.05, 3.63) is 57.6 Å². The summed E-state index contributed by atoms with van der Waals surface area (Å²) < 4.78 is 5.24. The second kappa shape index (κ2) is 9.10. The molecule has 2 aromatic carbocycles. The van der Waals surface area contributed by atoms with Crippen molar-refractivity contribution >= 4 is 40.7 Å². The largest absolute Gasteiger partial charge is 0.495 e. The van der Waals surface area contributed by atoms with Gasteiger partial charge in [-0.1, -0.05) is 23.7 Å². The predicted molar refractivity (Wildman–Crippen MR) is 109 cm³/mol. The van der Waals surface area contributed by atoms with E-state index in [9.17, 15) is 9.59 Å². The number of ketones is 1. The van der Waals surface area contributed by atoms with E-state index in [1.165, 1.54) is 18.9 Å². The van der Waals surface area contributed by atoms with Gasteiger partial charge < -0.3 is 10.1 Å². The van der Waals surface area contributed by atoms with Crippen molar-refractivity contribution in [2.75, 3.05) is 23.9 Å². The van der Waals surface area contributed by atoms with Crippen LogP contribution in [0.15, 0.2) is 30.3 Å². The first kappa shape index (κ1) is 20.3. The lowest BCUT2D eigenvalue weighted by atomic mass is 10.0. The molecule has 0 aliphatic heterocycles. The molecule has 1 amide bonds. The molecule has 1 N–H and O–H groups in total. The normalized spacial score (nSPS) is 10.5. The number of aryl methyl sites for hydroxylation is 3. The lowest BCUT2D eigenvalue weighted by Crippen LogP contribution is -2.16. The number of benzene rings is 2.